The Morgan fingerprint density at radius 2 is 1.18 bits per heavy atom. The second-order valence-corrected chi connectivity index (χ2v) is 3.82. The predicted molar refractivity (Wildman–Crippen MR) is 47.7 cm³/mol. The van der Waals surface area contributed by atoms with E-state index in [0.29, 0.717) is 0 Å². The number of alkyl halides is 11. The molecule has 0 saturated heterocycles. The van der Waals surface area contributed by atoms with Crippen LogP contribution >= 0.6 is 0 Å². The van der Waals surface area contributed by atoms with Crippen LogP contribution in [0.2, 0.25) is 0 Å². The van der Waals surface area contributed by atoms with Gasteiger partial charge in [0.1, 0.15) is 6.61 Å². The first-order valence-corrected chi connectivity index (χ1v) is 5.17. The second-order valence-electron chi connectivity index (χ2n) is 3.82. The number of rotatable bonds is 7. The van der Waals surface area contributed by atoms with E-state index in [2.05, 4.69) is 16.4 Å². The lowest BCUT2D eigenvalue weighted by Gasteiger charge is -2.34. The Hall–Kier alpha value is -0.850. The average Bonchev–Trinajstić information content (AvgIpc) is 2.25. The zero-order chi connectivity index (χ0) is 18.0. The van der Waals surface area contributed by atoms with Gasteiger partial charge in [0.05, 0.1) is 0 Å². The number of hydrogen-bond donors (Lipinski definition) is 0. The van der Waals surface area contributed by atoms with Crippen LogP contribution in [0.25, 0.3) is 0 Å². The molecule has 1 unspecified atom stereocenters. The average molecular weight is 357 g/mol. The van der Waals surface area contributed by atoms with Gasteiger partial charge in [0.15, 0.2) is 0 Å². The second kappa shape index (κ2) is 6.34. The van der Waals surface area contributed by atoms with Crippen LogP contribution in [0.15, 0.2) is 0 Å². The van der Waals surface area contributed by atoms with Crippen LogP contribution in [0, 0.1) is 6.92 Å². The van der Waals surface area contributed by atoms with Crippen molar-refractivity contribution in [3.05, 3.63) is 6.92 Å². The SMILES string of the molecule is [CH2]CCOCC(F)(OC(F)(F)C(F)(F)C(F)(F)F)C(F)(F)F. The molecule has 0 aromatic heterocycles. The lowest BCUT2D eigenvalue weighted by molar-refractivity contribution is -0.486. The monoisotopic (exact) mass is 357 g/mol. The molecule has 0 spiro atoms. The molecule has 0 aliphatic rings. The van der Waals surface area contributed by atoms with Gasteiger partial charge in [0, 0.05) is 6.61 Å². The summed E-state index contributed by atoms with van der Waals surface area (Å²) < 4.78 is 142. The van der Waals surface area contributed by atoms with Gasteiger partial charge in [-0.3, -0.25) is 4.74 Å². The van der Waals surface area contributed by atoms with E-state index in [1.165, 1.54) is 0 Å². The third-order valence-electron chi connectivity index (χ3n) is 2.01. The minimum atomic E-state index is -7.06. The van der Waals surface area contributed by atoms with Crippen LogP contribution in [0.5, 0.6) is 0 Å². The molecule has 22 heavy (non-hydrogen) atoms. The molecule has 0 fully saturated rings. The molecule has 0 amide bonds. The van der Waals surface area contributed by atoms with Gasteiger partial charge in [-0.1, -0.05) is 6.92 Å². The quantitative estimate of drug-likeness (QED) is 0.501. The molecule has 0 aromatic carbocycles. The molecular formula is C9H8F11O2. The molecule has 13 heteroatoms. The van der Waals surface area contributed by atoms with E-state index in [-0.39, 0.29) is 6.42 Å². The first-order chi connectivity index (χ1) is 9.52. The summed E-state index contributed by atoms with van der Waals surface area (Å²) in [4.78, 5) is 0. The Morgan fingerprint density at radius 3 is 1.50 bits per heavy atom. The molecule has 133 valence electrons. The molecule has 0 aliphatic heterocycles. The summed E-state index contributed by atoms with van der Waals surface area (Å²) >= 11 is 0. The molecule has 0 aromatic rings. The third kappa shape index (κ3) is 4.33. The van der Waals surface area contributed by atoms with E-state index in [1.807, 2.05) is 0 Å². The van der Waals surface area contributed by atoms with Crippen LogP contribution in [0.1, 0.15) is 6.42 Å². The van der Waals surface area contributed by atoms with Crippen LogP contribution in [0.3, 0.4) is 0 Å². The molecule has 0 heterocycles. The Labute approximate surface area is 116 Å². The first kappa shape index (κ1) is 21.1. The van der Waals surface area contributed by atoms with Gasteiger partial charge in [-0.2, -0.15) is 48.3 Å². The molecule has 0 N–H and O–H groups in total. The van der Waals surface area contributed by atoms with E-state index < -0.39 is 43.5 Å². The van der Waals surface area contributed by atoms with Crippen molar-refractivity contribution in [2.24, 2.45) is 0 Å². The van der Waals surface area contributed by atoms with E-state index in [0.717, 1.165) is 0 Å². The molecule has 1 radical (unpaired) electrons. The van der Waals surface area contributed by atoms with Gasteiger partial charge in [0.25, 0.3) is 0 Å². The zero-order valence-electron chi connectivity index (χ0n) is 10.3. The predicted octanol–water partition coefficient (Wildman–Crippen LogP) is 4.26. The van der Waals surface area contributed by atoms with Crippen LogP contribution in [0.4, 0.5) is 48.3 Å². The number of hydrogen-bond acceptors (Lipinski definition) is 2. The lowest BCUT2D eigenvalue weighted by Crippen LogP contribution is -2.60. The van der Waals surface area contributed by atoms with Gasteiger partial charge in [-0.15, -0.1) is 0 Å². The highest BCUT2D eigenvalue weighted by Gasteiger charge is 2.78. The molecule has 0 aliphatic carbocycles. The van der Waals surface area contributed by atoms with Crippen molar-refractivity contribution in [2.75, 3.05) is 13.2 Å². The highest BCUT2D eigenvalue weighted by Crippen LogP contribution is 2.50. The smallest absolute Gasteiger partial charge is 0.375 e. The Kier molecular flexibility index (Phi) is 6.09. The summed E-state index contributed by atoms with van der Waals surface area (Å²) in [5, 5.41) is 0. The molecular weight excluding hydrogens is 349 g/mol. The minimum absolute atomic E-state index is 0.261. The highest BCUT2D eigenvalue weighted by molar-refractivity contribution is 4.89. The fourth-order valence-electron chi connectivity index (χ4n) is 0.907. The summed E-state index contributed by atoms with van der Waals surface area (Å²) in [5.41, 5.74) is 0. The van der Waals surface area contributed by atoms with Crippen molar-refractivity contribution in [2.45, 2.75) is 36.7 Å². The zero-order valence-corrected chi connectivity index (χ0v) is 10.3. The minimum Gasteiger partial charge on any atom is -0.375 e. The van der Waals surface area contributed by atoms with Crippen LogP contribution in [-0.4, -0.2) is 43.5 Å². The van der Waals surface area contributed by atoms with Crippen molar-refractivity contribution < 1.29 is 57.8 Å². The summed E-state index contributed by atoms with van der Waals surface area (Å²) in [6, 6.07) is 0. The summed E-state index contributed by atoms with van der Waals surface area (Å²) in [5.74, 6) is -12.6. The van der Waals surface area contributed by atoms with Crippen molar-refractivity contribution >= 4 is 0 Å². The standard InChI is InChI=1S/C9H8F11O2/c1-2-3-21-4-5(10,7(13,14)15)22-9(19,20)6(11,12)8(16,17)18/h1-4H2. The van der Waals surface area contributed by atoms with Crippen molar-refractivity contribution in [3.8, 4) is 0 Å². The Bertz CT molecular complexity index is 362. The van der Waals surface area contributed by atoms with E-state index in [4.69, 9.17) is 0 Å². The summed E-state index contributed by atoms with van der Waals surface area (Å²) in [7, 11) is 0. The normalized spacial score (nSPS) is 17.5. The third-order valence-corrected chi connectivity index (χ3v) is 2.01. The van der Waals surface area contributed by atoms with Gasteiger partial charge in [0.2, 0.25) is 0 Å². The van der Waals surface area contributed by atoms with E-state index in [9.17, 15) is 48.3 Å². The van der Waals surface area contributed by atoms with Crippen LogP contribution < -0.4 is 0 Å². The number of ether oxygens (including phenoxy) is 2. The van der Waals surface area contributed by atoms with E-state index in [1.54, 1.807) is 0 Å². The number of halogens is 11. The van der Waals surface area contributed by atoms with Gasteiger partial charge in [-0.05, 0) is 6.42 Å². The topological polar surface area (TPSA) is 18.5 Å². The summed E-state index contributed by atoms with van der Waals surface area (Å²) in [6.45, 7) is -0.0682. The maximum absolute atomic E-state index is 13.4. The Morgan fingerprint density at radius 1 is 0.727 bits per heavy atom. The first-order valence-electron chi connectivity index (χ1n) is 5.17. The van der Waals surface area contributed by atoms with Crippen molar-refractivity contribution in [1.29, 1.82) is 0 Å². The largest absolute Gasteiger partial charge is 0.462 e. The van der Waals surface area contributed by atoms with Crippen molar-refractivity contribution in [1.82, 2.24) is 0 Å². The molecule has 0 rings (SSSR count). The lowest BCUT2D eigenvalue weighted by atomic mass is 10.2. The highest BCUT2D eigenvalue weighted by atomic mass is 19.4. The molecule has 2 nitrogen and oxygen atoms in total. The maximum atomic E-state index is 13.4. The fourth-order valence-corrected chi connectivity index (χ4v) is 0.907. The molecule has 0 saturated carbocycles. The fraction of sp³-hybridized carbons (Fsp3) is 0.889. The Balaban J connectivity index is 5.47. The van der Waals surface area contributed by atoms with Crippen LogP contribution in [-0.2, 0) is 9.47 Å². The van der Waals surface area contributed by atoms with Gasteiger partial charge in [-0.25, -0.2) is 0 Å². The van der Waals surface area contributed by atoms with Gasteiger partial charge < -0.3 is 4.74 Å². The molecule has 1 atom stereocenters. The maximum Gasteiger partial charge on any atom is 0.462 e. The van der Waals surface area contributed by atoms with E-state index >= 15 is 0 Å². The summed E-state index contributed by atoms with van der Waals surface area (Å²) in [6.07, 6.45) is -20.4. The van der Waals surface area contributed by atoms with Crippen molar-refractivity contribution in [3.63, 3.8) is 0 Å². The van der Waals surface area contributed by atoms with Gasteiger partial charge >= 0.3 is 30.2 Å². The molecule has 0 bridgehead atoms.